The van der Waals surface area contributed by atoms with Crippen molar-refractivity contribution in [3.05, 3.63) is 64.7 Å². The van der Waals surface area contributed by atoms with E-state index in [0.717, 1.165) is 17.3 Å². The second-order valence-electron chi connectivity index (χ2n) is 6.53. The SMILES string of the molecule is CC[C@@H](Oc1ccc(C)c(C)c1)C(=O)NCCSCc1ccccc1C. The van der Waals surface area contributed by atoms with Crippen molar-refractivity contribution in [1.29, 1.82) is 0 Å². The molecule has 2 rings (SSSR count). The summed E-state index contributed by atoms with van der Waals surface area (Å²) in [7, 11) is 0. The fourth-order valence-electron chi connectivity index (χ4n) is 2.59. The third-order valence-electron chi connectivity index (χ3n) is 4.48. The van der Waals surface area contributed by atoms with Crippen LogP contribution in [-0.4, -0.2) is 24.3 Å². The third kappa shape index (κ3) is 6.10. The molecule has 1 amide bonds. The molecule has 0 radical (unpaired) electrons. The molecule has 3 nitrogen and oxygen atoms in total. The molecule has 0 heterocycles. The molecule has 2 aromatic rings. The second kappa shape index (κ2) is 10.3. The standard InChI is InChI=1S/C22H29NO2S/c1-5-21(25-20-11-10-16(2)18(4)14-20)22(24)23-12-13-26-15-19-9-7-6-8-17(19)3/h6-11,14,21H,5,12-13,15H2,1-4H3,(H,23,24)/t21-/m1/s1. The minimum Gasteiger partial charge on any atom is -0.481 e. The Labute approximate surface area is 161 Å². The summed E-state index contributed by atoms with van der Waals surface area (Å²) in [6.07, 6.45) is 0.202. The van der Waals surface area contributed by atoms with Gasteiger partial charge in [-0.05, 0) is 61.6 Å². The van der Waals surface area contributed by atoms with Gasteiger partial charge in [-0.15, -0.1) is 0 Å². The topological polar surface area (TPSA) is 38.3 Å². The number of hydrogen-bond acceptors (Lipinski definition) is 3. The van der Waals surface area contributed by atoms with Crippen LogP contribution >= 0.6 is 11.8 Å². The maximum Gasteiger partial charge on any atom is 0.261 e. The molecule has 0 unspecified atom stereocenters. The Bertz CT molecular complexity index is 730. The predicted octanol–water partition coefficient (Wildman–Crippen LogP) is 4.82. The molecule has 4 heteroatoms. The van der Waals surface area contributed by atoms with Gasteiger partial charge in [-0.25, -0.2) is 0 Å². The molecule has 0 saturated heterocycles. The van der Waals surface area contributed by atoms with E-state index < -0.39 is 6.10 Å². The maximum atomic E-state index is 12.4. The Morgan fingerprint density at radius 1 is 1.08 bits per heavy atom. The summed E-state index contributed by atoms with van der Waals surface area (Å²) in [5.74, 6) is 2.57. The summed E-state index contributed by atoms with van der Waals surface area (Å²) in [5.41, 5.74) is 5.07. The van der Waals surface area contributed by atoms with Crippen molar-refractivity contribution in [2.45, 2.75) is 46.0 Å². The third-order valence-corrected chi connectivity index (χ3v) is 5.49. The molecule has 0 aliphatic heterocycles. The number of thioether (sulfide) groups is 1. The van der Waals surface area contributed by atoms with Crippen LogP contribution in [0, 0.1) is 20.8 Å². The van der Waals surface area contributed by atoms with Crippen LogP contribution in [0.5, 0.6) is 5.75 Å². The normalized spacial score (nSPS) is 11.8. The van der Waals surface area contributed by atoms with Crippen molar-refractivity contribution < 1.29 is 9.53 Å². The number of carbonyl (C=O) groups is 1. The highest BCUT2D eigenvalue weighted by Gasteiger charge is 2.18. The zero-order chi connectivity index (χ0) is 18.9. The Balaban J connectivity index is 1.74. The zero-order valence-corrected chi connectivity index (χ0v) is 17.0. The van der Waals surface area contributed by atoms with E-state index in [2.05, 4.69) is 50.4 Å². The second-order valence-corrected chi connectivity index (χ2v) is 7.64. The van der Waals surface area contributed by atoms with Crippen LogP contribution in [0.15, 0.2) is 42.5 Å². The summed E-state index contributed by atoms with van der Waals surface area (Å²) in [6, 6.07) is 14.4. The van der Waals surface area contributed by atoms with Crippen molar-refractivity contribution in [2.24, 2.45) is 0 Å². The van der Waals surface area contributed by atoms with Crippen molar-refractivity contribution in [1.82, 2.24) is 5.32 Å². The van der Waals surface area contributed by atoms with Crippen LogP contribution in [0.4, 0.5) is 0 Å². The summed E-state index contributed by atoms with van der Waals surface area (Å²) in [6.45, 7) is 8.88. The van der Waals surface area contributed by atoms with Crippen molar-refractivity contribution in [2.75, 3.05) is 12.3 Å². The maximum absolute atomic E-state index is 12.4. The smallest absolute Gasteiger partial charge is 0.261 e. The Hall–Kier alpha value is -1.94. The lowest BCUT2D eigenvalue weighted by atomic mass is 10.1. The summed E-state index contributed by atoms with van der Waals surface area (Å²) >= 11 is 1.83. The van der Waals surface area contributed by atoms with E-state index in [0.29, 0.717) is 13.0 Å². The Morgan fingerprint density at radius 3 is 2.54 bits per heavy atom. The van der Waals surface area contributed by atoms with Gasteiger partial charge in [-0.2, -0.15) is 11.8 Å². The minimum atomic E-state index is -0.446. The average molecular weight is 372 g/mol. The lowest BCUT2D eigenvalue weighted by molar-refractivity contribution is -0.127. The molecule has 1 atom stereocenters. The van der Waals surface area contributed by atoms with Gasteiger partial charge in [-0.1, -0.05) is 37.3 Å². The van der Waals surface area contributed by atoms with Gasteiger partial charge in [0, 0.05) is 18.1 Å². The summed E-state index contributed by atoms with van der Waals surface area (Å²) in [5, 5.41) is 3.00. The molecular formula is C22H29NO2S. The van der Waals surface area contributed by atoms with Gasteiger partial charge in [0.15, 0.2) is 6.10 Å². The predicted molar refractivity (Wildman–Crippen MR) is 111 cm³/mol. The molecule has 0 aliphatic carbocycles. The number of carbonyl (C=O) groups excluding carboxylic acids is 1. The Morgan fingerprint density at radius 2 is 1.85 bits per heavy atom. The molecule has 0 bridgehead atoms. The van der Waals surface area contributed by atoms with Gasteiger partial charge in [0.05, 0.1) is 0 Å². The van der Waals surface area contributed by atoms with E-state index in [-0.39, 0.29) is 5.91 Å². The zero-order valence-electron chi connectivity index (χ0n) is 16.2. The highest BCUT2D eigenvalue weighted by Crippen LogP contribution is 2.19. The van der Waals surface area contributed by atoms with E-state index in [4.69, 9.17) is 4.74 Å². The molecule has 0 saturated carbocycles. The van der Waals surface area contributed by atoms with Crippen LogP contribution in [0.25, 0.3) is 0 Å². The number of hydrogen-bond donors (Lipinski definition) is 1. The van der Waals surface area contributed by atoms with E-state index in [1.165, 1.54) is 22.3 Å². The van der Waals surface area contributed by atoms with Gasteiger partial charge < -0.3 is 10.1 Å². The van der Waals surface area contributed by atoms with E-state index in [1.54, 1.807) is 0 Å². The van der Waals surface area contributed by atoms with Gasteiger partial charge in [-0.3, -0.25) is 4.79 Å². The average Bonchev–Trinajstić information content (AvgIpc) is 2.63. The highest BCUT2D eigenvalue weighted by molar-refractivity contribution is 7.98. The molecule has 26 heavy (non-hydrogen) atoms. The first-order chi connectivity index (χ1) is 12.5. The number of aryl methyl sites for hydroxylation is 3. The number of nitrogens with one attached hydrogen (secondary N) is 1. The number of ether oxygens (including phenoxy) is 1. The van der Waals surface area contributed by atoms with Crippen molar-refractivity contribution in [3.8, 4) is 5.75 Å². The summed E-state index contributed by atoms with van der Waals surface area (Å²) < 4.78 is 5.88. The molecule has 140 valence electrons. The van der Waals surface area contributed by atoms with E-state index >= 15 is 0 Å². The van der Waals surface area contributed by atoms with Crippen LogP contribution in [0.1, 0.15) is 35.6 Å². The molecule has 0 aliphatic rings. The number of amides is 1. The van der Waals surface area contributed by atoms with Gasteiger partial charge in [0.25, 0.3) is 5.91 Å². The monoisotopic (exact) mass is 371 g/mol. The first-order valence-electron chi connectivity index (χ1n) is 9.15. The van der Waals surface area contributed by atoms with E-state index in [1.807, 2.05) is 36.9 Å². The van der Waals surface area contributed by atoms with Crippen LogP contribution in [-0.2, 0) is 10.5 Å². The summed E-state index contributed by atoms with van der Waals surface area (Å²) in [4.78, 5) is 12.4. The van der Waals surface area contributed by atoms with Crippen LogP contribution < -0.4 is 10.1 Å². The highest BCUT2D eigenvalue weighted by atomic mass is 32.2. The lowest BCUT2D eigenvalue weighted by Gasteiger charge is -2.18. The molecule has 2 aromatic carbocycles. The fraction of sp³-hybridized carbons (Fsp3) is 0.409. The quantitative estimate of drug-likeness (QED) is 0.642. The molecule has 0 aromatic heterocycles. The first kappa shape index (κ1) is 20.4. The number of rotatable bonds is 9. The van der Waals surface area contributed by atoms with Gasteiger partial charge in [0.2, 0.25) is 0 Å². The largest absolute Gasteiger partial charge is 0.481 e. The van der Waals surface area contributed by atoms with Gasteiger partial charge in [0.1, 0.15) is 5.75 Å². The Kier molecular flexibility index (Phi) is 8.05. The molecule has 0 fully saturated rings. The van der Waals surface area contributed by atoms with Gasteiger partial charge >= 0.3 is 0 Å². The number of benzene rings is 2. The molecular weight excluding hydrogens is 342 g/mol. The first-order valence-corrected chi connectivity index (χ1v) is 10.3. The molecule has 0 spiro atoms. The molecule has 1 N–H and O–H groups in total. The minimum absolute atomic E-state index is 0.0396. The van der Waals surface area contributed by atoms with Crippen molar-refractivity contribution in [3.63, 3.8) is 0 Å². The lowest BCUT2D eigenvalue weighted by Crippen LogP contribution is -2.39. The van der Waals surface area contributed by atoms with E-state index in [9.17, 15) is 4.79 Å². The van der Waals surface area contributed by atoms with Crippen LogP contribution in [0.3, 0.4) is 0 Å². The van der Waals surface area contributed by atoms with Crippen LogP contribution in [0.2, 0.25) is 0 Å². The van der Waals surface area contributed by atoms with Crippen molar-refractivity contribution >= 4 is 17.7 Å². The fourth-order valence-corrected chi connectivity index (χ4v) is 3.52.